The first-order valence-corrected chi connectivity index (χ1v) is 10.5. The summed E-state index contributed by atoms with van der Waals surface area (Å²) in [4.78, 5) is 23.8. The largest absolute Gasteiger partial charge is 0.394 e. The molecule has 2 amide bonds. The lowest BCUT2D eigenvalue weighted by atomic mass is 10.1. The Kier molecular flexibility index (Phi) is 10.7. The molecule has 0 saturated heterocycles. The molecule has 0 aliphatic carbocycles. The molecule has 1 unspecified atom stereocenters. The van der Waals surface area contributed by atoms with Crippen molar-refractivity contribution in [2.24, 2.45) is 0 Å². The average molecular weight is 466 g/mol. The molecular formula is C25H27N3O6. The van der Waals surface area contributed by atoms with Crippen LogP contribution in [0.1, 0.15) is 34.0 Å². The predicted molar refractivity (Wildman–Crippen MR) is 124 cm³/mol. The van der Waals surface area contributed by atoms with Crippen LogP contribution in [0.2, 0.25) is 0 Å². The summed E-state index contributed by atoms with van der Waals surface area (Å²) >= 11 is 0. The number of carbonyl (C=O) groups is 2. The summed E-state index contributed by atoms with van der Waals surface area (Å²) in [5.74, 6) is 9.82. The molecule has 0 aliphatic heterocycles. The van der Waals surface area contributed by atoms with Crippen molar-refractivity contribution in [2.45, 2.75) is 31.7 Å². The van der Waals surface area contributed by atoms with E-state index in [1.165, 1.54) is 24.5 Å². The molecule has 9 nitrogen and oxygen atoms in total. The summed E-state index contributed by atoms with van der Waals surface area (Å²) < 4.78 is 0. The van der Waals surface area contributed by atoms with Crippen molar-refractivity contribution in [3.05, 3.63) is 70.8 Å². The highest BCUT2D eigenvalue weighted by Gasteiger charge is 2.25. The lowest BCUT2D eigenvalue weighted by molar-refractivity contribution is -0.133. The number of rotatable bonds is 9. The zero-order chi connectivity index (χ0) is 24.9. The van der Waals surface area contributed by atoms with Gasteiger partial charge in [0.1, 0.15) is 6.04 Å². The van der Waals surface area contributed by atoms with Gasteiger partial charge in [0.05, 0.1) is 18.8 Å². The van der Waals surface area contributed by atoms with Crippen LogP contribution in [0, 0.1) is 23.7 Å². The number of hydroxylamine groups is 1. The van der Waals surface area contributed by atoms with Crippen molar-refractivity contribution >= 4 is 11.8 Å². The molecule has 0 aromatic heterocycles. The van der Waals surface area contributed by atoms with Crippen molar-refractivity contribution in [3.8, 4) is 23.7 Å². The first-order chi connectivity index (χ1) is 16.3. The maximum atomic E-state index is 12.3. The third kappa shape index (κ3) is 8.68. The molecule has 178 valence electrons. The number of hydrogen-bond acceptors (Lipinski definition) is 7. The second kappa shape index (κ2) is 13.8. The fourth-order valence-corrected chi connectivity index (χ4v) is 2.76. The summed E-state index contributed by atoms with van der Waals surface area (Å²) in [6.45, 7) is 1.91. The lowest BCUT2D eigenvalue weighted by Gasteiger charge is -2.19. The van der Waals surface area contributed by atoms with Crippen LogP contribution in [0.15, 0.2) is 48.5 Å². The van der Waals surface area contributed by atoms with Gasteiger partial charge in [0.15, 0.2) is 0 Å². The number of hydrogen-bond donors (Lipinski definition) is 7. The molecule has 2 aromatic carbocycles. The predicted octanol–water partition coefficient (Wildman–Crippen LogP) is -0.483. The Morgan fingerprint density at radius 1 is 0.941 bits per heavy atom. The molecule has 2 rings (SSSR count). The Balaban J connectivity index is 1.92. The van der Waals surface area contributed by atoms with E-state index in [4.69, 9.17) is 10.3 Å². The second-order valence-corrected chi connectivity index (χ2v) is 7.41. The topological polar surface area (TPSA) is 151 Å². The Bertz CT molecular complexity index is 1080. The van der Waals surface area contributed by atoms with E-state index in [-0.39, 0.29) is 12.2 Å². The summed E-state index contributed by atoms with van der Waals surface area (Å²) in [6, 6.07) is 12.5. The van der Waals surface area contributed by atoms with Gasteiger partial charge >= 0.3 is 0 Å². The number of nitrogens with one attached hydrogen (secondary N) is 3. The molecule has 0 aliphatic rings. The van der Waals surface area contributed by atoms with Crippen molar-refractivity contribution in [1.29, 1.82) is 0 Å². The van der Waals surface area contributed by atoms with Crippen molar-refractivity contribution < 1.29 is 30.1 Å². The van der Waals surface area contributed by atoms with Crippen LogP contribution in [-0.2, 0) is 11.3 Å². The molecule has 0 radical (unpaired) electrons. The van der Waals surface area contributed by atoms with E-state index in [0.717, 1.165) is 11.1 Å². The third-order valence-corrected chi connectivity index (χ3v) is 4.66. The monoisotopic (exact) mass is 465 g/mol. The van der Waals surface area contributed by atoms with Gasteiger partial charge in [0.2, 0.25) is 0 Å². The van der Waals surface area contributed by atoms with Crippen molar-refractivity contribution in [1.82, 2.24) is 16.1 Å². The minimum atomic E-state index is -1.29. The van der Waals surface area contributed by atoms with Crippen molar-refractivity contribution in [3.63, 3.8) is 0 Å². The average Bonchev–Trinajstić information content (AvgIpc) is 2.85. The molecule has 0 heterocycles. The highest BCUT2D eigenvalue weighted by Crippen LogP contribution is 2.05. The number of amides is 2. The van der Waals surface area contributed by atoms with Gasteiger partial charge in [-0.05, 0) is 60.7 Å². The number of benzene rings is 2. The molecule has 3 atom stereocenters. The first-order valence-electron chi connectivity index (χ1n) is 10.5. The fraction of sp³-hybridized carbons (Fsp3) is 0.280. The highest BCUT2D eigenvalue weighted by molar-refractivity contribution is 5.97. The number of aliphatic hydroxyl groups excluding tert-OH is 3. The van der Waals surface area contributed by atoms with Gasteiger partial charge in [-0.15, -0.1) is 0 Å². The summed E-state index contributed by atoms with van der Waals surface area (Å²) in [6.07, 6.45) is -1.97. The Morgan fingerprint density at radius 2 is 1.50 bits per heavy atom. The van der Waals surface area contributed by atoms with E-state index in [1.807, 2.05) is 24.3 Å². The third-order valence-electron chi connectivity index (χ3n) is 4.66. The lowest BCUT2D eigenvalue weighted by Crippen LogP contribution is -2.51. The van der Waals surface area contributed by atoms with E-state index in [2.05, 4.69) is 34.3 Å². The van der Waals surface area contributed by atoms with Crippen LogP contribution < -0.4 is 16.1 Å². The molecule has 34 heavy (non-hydrogen) atoms. The van der Waals surface area contributed by atoms with Gasteiger partial charge < -0.3 is 26.0 Å². The smallest absolute Gasteiger partial charge is 0.268 e. The SMILES string of the molecule is C[C@@H](O)[C@H](NC(=O)c1ccc(C#CC#Cc2ccc(CNCC(O)CO)cc2)cc1)C(=O)NO. The van der Waals surface area contributed by atoms with Crippen LogP contribution in [0.25, 0.3) is 0 Å². The zero-order valence-corrected chi connectivity index (χ0v) is 18.6. The van der Waals surface area contributed by atoms with Crippen LogP contribution in [-0.4, -0.2) is 63.7 Å². The second-order valence-electron chi connectivity index (χ2n) is 7.41. The van der Waals surface area contributed by atoms with Gasteiger partial charge in [-0.2, -0.15) is 0 Å². The minimum Gasteiger partial charge on any atom is -0.394 e. The standard InChI is InChI=1S/C25H27N3O6/c1-17(30)23(25(33)28-34)27-24(32)21-12-10-19(11-13-21)5-3-2-4-18-6-8-20(9-7-18)14-26-15-22(31)16-29/h6-13,17,22-23,26,29-31,34H,14-16H2,1H3,(H,27,32)(H,28,33)/t17-,22?,23+/m1/s1. The highest BCUT2D eigenvalue weighted by atomic mass is 16.5. The Morgan fingerprint density at radius 3 is 2.00 bits per heavy atom. The van der Waals surface area contributed by atoms with Gasteiger partial charge in [-0.3, -0.25) is 14.8 Å². The summed E-state index contributed by atoms with van der Waals surface area (Å²) in [7, 11) is 0. The molecule has 2 aromatic rings. The maximum absolute atomic E-state index is 12.3. The number of aliphatic hydroxyl groups is 3. The van der Waals surface area contributed by atoms with Gasteiger partial charge in [-0.25, -0.2) is 5.48 Å². The van der Waals surface area contributed by atoms with Gasteiger partial charge in [0.25, 0.3) is 11.8 Å². The van der Waals surface area contributed by atoms with Crippen LogP contribution >= 0.6 is 0 Å². The molecule has 0 bridgehead atoms. The van der Waals surface area contributed by atoms with Gasteiger partial charge in [-0.1, -0.05) is 24.0 Å². The maximum Gasteiger partial charge on any atom is 0.268 e. The number of carbonyl (C=O) groups excluding carboxylic acids is 2. The first kappa shape index (κ1) is 26.6. The van der Waals surface area contributed by atoms with E-state index in [0.29, 0.717) is 18.7 Å². The molecule has 7 N–H and O–H groups in total. The molecule has 0 fully saturated rings. The minimum absolute atomic E-state index is 0.258. The van der Waals surface area contributed by atoms with E-state index >= 15 is 0 Å². The fourth-order valence-electron chi connectivity index (χ4n) is 2.76. The normalized spacial score (nSPS) is 12.7. The quantitative estimate of drug-likeness (QED) is 0.150. The molecule has 0 saturated carbocycles. The molecule has 9 heteroatoms. The van der Waals surface area contributed by atoms with Crippen LogP contribution in [0.4, 0.5) is 0 Å². The van der Waals surface area contributed by atoms with Gasteiger partial charge in [0, 0.05) is 29.8 Å². The molecule has 0 spiro atoms. The zero-order valence-electron chi connectivity index (χ0n) is 18.6. The Labute approximate surface area is 197 Å². The van der Waals surface area contributed by atoms with Crippen molar-refractivity contribution in [2.75, 3.05) is 13.2 Å². The van der Waals surface area contributed by atoms with E-state index < -0.39 is 30.1 Å². The van der Waals surface area contributed by atoms with E-state index in [9.17, 15) is 19.8 Å². The Hall–Kier alpha value is -3.70. The summed E-state index contributed by atoms with van der Waals surface area (Å²) in [5.41, 5.74) is 4.11. The van der Waals surface area contributed by atoms with Crippen LogP contribution in [0.5, 0.6) is 0 Å². The summed E-state index contributed by atoms with van der Waals surface area (Å²) in [5, 5.41) is 41.8. The van der Waals surface area contributed by atoms with Crippen LogP contribution in [0.3, 0.4) is 0 Å². The molecular weight excluding hydrogens is 438 g/mol. The van der Waals surface area contributed by atoms with E-state index in [1.54, 1.807) is 12.1 Å².